The first-order valence-corrected chi connectivity index (χ1v) is 32.4. The molecule has 0 saturated heterocycles. The molecule has 53 heavy (non-hydrogen) atoms. The van der Waals surface area contributed by atoms with E-state index in [-0.39, 0.29) is 0 Å². The van der Waals surface area contributed by atoms with Gasteiger partial charge in [-0.05, 0) is 135 Å². The molecule has 2 rings (SSSR count). The first kappa shape index (κ1) is 52.2. The molecular formula is C44H88Br2N2NiO2Si2. The first-order chi connectivity index (χ1) is 25.2. The molecule has 0 aromatic carbocycles. The standard InChI is InChI=1S/C44H88N2O2Si2.2BrH.Ni/c1-15-49(16-2,17-3)47-31-23-29-41(45-43-37(33(7)8)25-21-26-38(43)34(9)10)42(30-24-32-48-50(18-4,19-5)20-6)46-44-39(35(11)12)27-22-28-40(44)36(13)14;;;/h33-40,43-44H,15-32H2,1-14H3;2*1H;/q;;;+2/p-2. The Hall–Kier alpha value is 1.15. The van der Waals surface area contributed by atoms with Gasteiger partial charge in [0.15, 0.2) is 16.6 Å². The van der Waals surface area contributed by atoms with Crippen molar-refractivity contribution in [1.29, 1.82) is 0 Å². The van der Waals surface area contributed by atoms with Gasteiger partial charge in [-0.1, -0.05) is 110 Å². The first-order valence-electron chi connectivity index (χ1n) is 22.4. The summed E-state index contributed by atoms with van der Waals surface area (Å²) in [5, 5.41) is 0. The van der Waals surface area contributed by atoms with Gasteiger partial charge in [-0.3, -0.25) is 9.98 Å². The number of aliphatic imine (C=N–C) groups is 2. The summed E-state index contributed by atoms with van der Waals surface area (Å²) in [4.78, 5) is 12.1. The van der Waals surface area contributed by atoms with Gasteiger partial charge in [0.05, 0.1) is 23.5 Å². The average molecular weight is 952 g/mol. The Morgan fingerprint density at radius 3 is 0.981 bits per heavy atom. The van der Waals surface area contributed by atoms with E-state index in [4.69, 9.17) is 18.8 Å². The fraction of sp³-hybridized carbons (Fsp3) is 0.955. The van der Waals surface area contributed by atoms with Crippen molar-refractivity contribution in [2.75, 3.05) is 13.2 Å². The summed E-state index contributed by atoms with van der Waals surface area (Å²) in [5.74, 6) is 5.21. The van der Waals surface area contributed by atoms with Crippen molar-refractivity contribution in [3.8, 4) is 0 Å². The molecule has 2 saturated carbocycles. The Labute approximate surface area is 353 Å². The van der Waals surface area contributed by atoms with Crippen LogP contribution in [-0.2, 0) is 19.7 Å². The zero-order valence-electron chi connectivity index (χ0n) is 37.3. The van der Waals surface area contributed by atoms with Crippen LogP contribution < -0.4 is 0 Å². The van der Waals surface area contributed by atoms with Crippen LogP contribution >= 0.6 is 28.5 Å². The fourth-order valence-corrected chi connectivity index (χ4v) is 15.3. The molecule has 4 unspecified atom stereocenters. The number of hydrogen-bond acceptors (Lipinski definition) is 4. The van der Waals surface area contributed by atoms with E-state index in [2.05, 4.69) is 125 Å². The predicted octanol–water partition coefficient (Wildman–Crippen LogP) is 15.4. The van der Waals surface area contributed by atoms with Gasteiger partial charge in [-0.15, -0.1) is 0 Å². The van der Waals surface area contributed by atoms with Gasteiger partial charge in [0.1, 0.15) is 0 Å². The van der Waals surface area contributed by atoms with Crippen LogP contribution in [0.2, 0.25) is 36.3 Å². The molecular weight excluding hydrogens is 863 g/mol. The third kappa shape index (κ3) is 16.7. The van der Waals surface area contributed by atoms with Gasteiger partial charge < -0.3 is 8.85 Å². The zero-order chi connectivity index (χ0) is 40.2. The minimum atomic E-state index is -1.63. The molecule has 0 radical (unpaired) electrons. The Morgan fingerprint density at radius 2 is 0.774 bits per heavy atom. The van der Waals surface area contributed by atoms with Crippen LogP contribution in [0.25, 0.3) is 0 Å². The summed E-state index contributed by atoms with van der Waals surface area (Å²) in [7, 11) is -2.00. The van der Waals surface area contributed by atoms with E-state index in [1.54, 1.807) is 0 Å². The summed E-state index contributed by atoms with van der Waals surface area (Å²) < 4.78 is 13.7. The maximum atomic E-state index is 6.86. The number of halogens is 2. The second-order valence-electron chi connectivity index (χ2n) is 18.1. The second kappa shape index (κ2) is 27.8. The van der Waals surface area contributed by atoms with E-state index in [1.165, 1.54) is 97.1 Å². The molecule has 4 atom stereocenters. The van der Waals surface area contributed by atoms with Crippen molar-refractivity contribution in [2.45, 2.75) is 209 Å². The maximum absolute atomic E-state index is 6.86. The normalized spacial score (nSPS) is 25.1. The van der Waals surface area contributed by atoms with Gasteiger partial charge >= 0.3 is 39.3 Å². The molecule has 0 aliphatic heterocycles. The molecule has 0 amide bonds. The van der Waals surface area contributed by atoms with E-state index in [0.717, 1.165) is 38.9 Å². The molecule has 2 aliphatic rings. The van der Waals surface area contributed by atoms with E-state index in [0.29, 0.717) is 59.4 Å². The summed E-state index contributed by atoms with van der Waals surface area (Å²) in [6.07, 6.45) is 12.1. The van der Waals surface area contributed by atoms with Crippen LogP contribution in [0, 0.1) is 47.3 Å². The second-order valence-corrected chi connectivity index (χ2v) is 32.6. The van der Waals surface area contributed by atoms with E-state index >= 15 is 0 Å². The van der Waals surface area contributed by atoms with Gasteiger partial charge in [0, 0.05) is 13.2 Å². The van der Waals surface area contributed by atoms with Gasteiger partial charge in [0.25, 0.3) is 0 Å². The van der Waals surface area contributed by atoms with Crippen molar-refractivity contribution in [2.24, 2.45) is 57.3 Å². The van der Waals surface area contributed by atoms with Crippen molar-refractivity contribution < 1.29 is 19.7 Å². The summed E-state index contributed by atoms with van der Waals surface area (Å²) in [6.45, 7) is 35.5. The van der Waals surface area contributed by atoms with Crippen LogP contribution in [0.1, 0.15) is 161 Å². The Morgan fingerprint density at radius 1 is 0.528 bits per heavy atom. The molecule has 0 aromatic rings. The van der Waals surface area contributed by atoms with Crippen LogP contribution in [0.15, 0.2) is 9.98 Å². The Bertz CT molecular complexity index is 893. The SMILES string of the molecule is CC[Si](CC)(CC)OCCCC(=NC1C(C(C)C)CCCC1C(C)C)C(CCCO[Si](CC)(CC)CC)=NC1C(C(C)C)CCCC1C(C)C.[Br][Ni][Br]. The number of nitrogens with zero attached hydrogens (tertiary/aromatic N) is 2. The van der Waals surface area contributed by atoms with Crippen LogP contribution in [0.4, 0.5) is 0 Å². The quantitative estimate of drug-likeness (QED) is 0.0582. The summed E-state index contributed by atoms with van der Waals surface area (Å²) >= 11 is 6.00. The van der Waals surface area contributed by atoms with Crippen molar-refractivity contribution in [1.82, 2.24) is 0 Å². The van der Waals surface area contributed by atoms with Crippen LogP contribution in [0.3, 0.4) is 0 Å². The summed E-state index contributed by atoms with van der Waals surface area (Å²) in [6, 6.07) is 8.09. The van der Waals surface area contributed by atoms with Crippen LogP contribution in [-0.4, -0.2) is 53.4 Å². The average Bonchev–Trinajstić information content (AvgIpc) is 3.14. The molecule has 0 aromatic heterocycles. The number of hydrogen-bond donors (Lipinski definition) is 0. The van der Waals surface area contributed by atoms with Crippen LogP contribution in [0.5, 0.6) is 0 Å². The molecule has 2 fully saturated rings. The molecule has 0 bridgehead atoms. The molecule has 0 spiro atoms. The third-order valence-electron chi connectivity index (χ3n) is 14.1. The predicted molar refractivity (Wildman–Crippen MR) is 246 cm³/mol. The Kier molecular flexibility index (Phi) is 27.3. The summed E-state index contributed by atoms with van der Waals surface area (Å²) in [5.41, 5.74) is 2.68. The van der Waals surface area contributed by atoms with Gasteiger partial charge in [-0.25, -0.2) is 0 Å². The van der Waals surface area contributed by atoms with E-state index in [1.807, 2.05) is 0 Å². The van der Waals surface area contributed by atoms with E-state index in [9.17, 15) is 0 Å². The molecule has 318 valence electrons. The zero-order valence-corrected chi connectivity index (χ0v) is 43.4. The van der Waals surface area contributed by atoms with Crippen molar-refractivity contribution in [3.05, 3.63) is 0 Å². The molecule has 0 heterocycles. The van der Waals surface area contributed by atoms with Crippen molar-refractivity contribution in [3.63, 3.8) is 0 Å². The molecule has 4 nitrogen and oxygen atoms in total. The third-order valence-corrected chi connectivity index (χ3v) is 23.4. The van der Waals surface area contributed by atoms with E-state index < -0.39 is 16.6 Å². The molecule has 0 N–H and O–H groups in total. The fourth-order valence-electron chi connectivity index (χ4n) is 9.89. The minimum absolute atomic E-state index is 0.394. The Balaban J connectivity index is 0.00000452. The topological polar surface area (TPSA) is 43.2 Å². The molecule has 9 heteroatoms. The monoisotopic (exact) mass is 948 g/mol. The van der Waals surface area contributed by atoms with Crippen molar-refractivity contribution >= 4 is 56.5 Å². The van der Waals surface area contributed by atoms with Gasteiger partial charge in [-0.2, -0.15) is 0 Å². The number of rotatable bonds is 23. The van der Waals surface area contributed by atoms with Gasteiger partial charge in [0.2, 0.25) is 0 Å². The molecule has 2 aliphatic carbocycles.